The summed E-state index contributed by atoms with van der Waals surface area (Å²) in [5.41, 5.74) is 1.02. The normalized spacial score (nSPS) is 19.2. The molecule has 1 unspecified atom stereocenters. The number of amides is 1. The maximum atomic E-state index is 12.3. The fourth-order valence-electron chi connectivity index (χ4n) is 2.22. The maximum absolute atomic E-state index is 12.3. The number of aliphatic hydroxyl groups is 1. The number of anilines is 1. The number of hydrogen-bond donors (Lipinski definition) is 2. The molecule has 0 aromatic heterocycles. The molecular weight excluding hydrogens is 309 g/mol. The van der Waals surface area contributed by atoms with E-state index in [1.54, 1.807) is 18.2 Å². The highest BCUT2D eigenvalue weighted by molar-refractivity contribution is 6.33. The Hall–Kier alpha value is -1.47. The fraction of sp³-hybridized carbons (Fsp3) is 0.462. The van der Waals surface area contributed by atoms with E-state index in [0.29, 0.717) is 16.3 Å². The Labute approximate surface area is 124 Å². The van der Waals surface area contributed by atoms with Gasteiger partial charge in [0.25, 0.3) is 0 Å². The van der Waals surface area contributed by atoms with E-state index < -0.39 is 24.7 Å². The van der Waals surface area contributed by atoms with Crippen LogP contribution in [0, 0.1) is 0 Å². The van der Waals surface area contributed by atoms with Crippen LogP contribution in [-0.2, 0) is 11.4 Å². The highest BCUT2D eigenvalue weighted by Crippen LogP contribution is 2.27. The van der Waals surface area contributed by atoms with Gasteiger partial charge in [-0.25, -0.2) is 0 Å². The lowest BCUT2D eigenvalue weighted by Crippen LogP contribution is -2.39. The van der Waals surface area contributed by atoms with Crippen molar-refractivity contribution in [3.8, 4) is 0 Å². The summed E-state index contributed by atoms with van der Waals surface area (Å²) in [6.07, 6.45) is -4.13. The minimum Gasteiger partial charge on any atom is -0.392 e. The molecule has 0 spiro atoms. The standard InChI is InChI=1S/C13H14ClF3N2O2/c14-9-2-1-8(6-20)5-11(9)18-10-3-4-19(12(10)21)7-13(15,16)17/h1-2,5,10,18,20H,3-4,6-7H2. The van der Waals surface area contributed by atoms with Crippen LogP contribution in [0.4, 0.5) is 18.9 Å². The van der Waals surface area contributed by atoms with Crippen molar-refractivity contribution in [2.24, 2.45) is 0 Å². The van der Waals surface area contributed by atoms with Crippen LogP contribution >= 0.6 is 11.6 Å². The van der Waals surface area contributed by atoms with E-state index in [1.165, 1.54) is 0 Å². The third-order valence-corrected chi connectivity index (χ3v) is 3.54. The van der Waals surface area contributed by atoms with E-state index in [2.05, 4.69) is 5.32 Å². The van der Waals surface area contributed by atoms with Gasteiger partial charge in [-0.2, -0.15) is 13.2 Å². The summed E-state index contributed by atoms with van der Waals surface area (Å²) >= 11 is 5.97. The molecule has 4 nitrogen and oxygen atoms in total. The number of carbonyl (C=O) groups is 1. The predicted octanol–water partition coefficient (Wildman–Crippen LogP) is 2.41. The Morgan fingerprint density at radius 1 is 1.43 bits per heavy atom. The van der Waals surface area contributed by atoms with Crippen molar-refractivity contribution in [3.63, 3.8) is 0 Å². The molecule has 0 aliphatic carbocycles. The zero-order chi connectivity index (χ0) is 15.6. The predicted molar refractivity (Wildman–Crippen MR) is 72.0 cm³/mol. The molecular formula is C13H14ClF3N2O2. The fourth-order valence-corrected chi connectivity index (χ4v) is 2.39. The molecule has 1 fully saturated rings. The number of halogens is 4. The molecule has 1 atom stereocenters. The summed E-state index contributed by atoms with van der Waals surface area (Å²) in [6.45, 7) is -1.38. The maximum Gasteiger partial charge on any atom is 0.406 e. The van der Waals surface area contributed by atoms with Crippen LogP contribution in [0.15, 0.2) is 18.2 Å². The van der Waals surface area contributed by atoms with Gasteiger partial charge in [0, 0.05) is 6.54 Å². The highest BCUT2D eigenvalue weighted by Gasteiger charge is 2.39. The molecule has 1 aliphatic rings. The summed E-state index contributed by atoms with van der Waals surface area (Å²) < 4.78 is 37.0. The molecule has 1 aromatic rings. The summed E-state index contributed by atoms with van der Waals surface area (Å²) in [5, 5.41) is 12.3. The number of nitrogens with zero attached hydrogens (tertiary/aromatic N) is 1. The monoisotopic (exact) mass is 322 g/mol. The van der Waals surface area contributed by atoms with E-state index in [0.717, 1.165) is 4.90 Å². The van der Waals surface area contributed by atoms with Crippen LogP contribution in [-0.4, -0.2) is 41.2 Å². The molecule has 116 valence electrons. The van der Waals surface area contributed by atoms with Gasteiger partial charge in [0.05, 0.1) is 17.3 Å². The molecule has 21 heavy (non-hydrogen) atoms. The van der Waals surface area contributed by atoms with Crippen molar-refractivity contribution in [3.05, 3.63) is 28.8 Å². The molecule has 0 saturated carbocycles. The first kappa shape index (κ1) is 15.9. The molecule has 1 aromatic carbocycles. The van der Waals surface area contributed by atoms with Crippen molar-refractivity contribution in [1.82, 2.24) is 4.90 Å². The third-order valence-electron chi connectivity index (χ3n) is 3.21. The lowest BCUT2D eigenvalue weighted by Gasteiger charge is -2.19. The number of alkyl halides is 3. The quantitative estimate of drug-likeness (QED) is 0.895. The molecule has 2 N–H and O–H groups in total. The molecule has 0 bridgehead atoms. The Bertz CT molecular complexity index is 537. The first-order chi connectivity index (χ1) is 9.80. The van der Waals surface area contributed by atoms with Crippen molar-refractivity contribution < 1.29 is 23.1 Å². The average Bonchev–Trinajstić information content (AvgIpc) is 2.72. The minimum atomic E-state index is -4.40. The number of rotatable bonds is 4. The van der Waals surface area contributed by atoms with Crippen LogP contribution in [0.1, 0.15) is 12.0 Å². The zero-order valence-electron chi connectivity index (χ0n) is 11.0. The van der Waals surface area contributed by atoms with Crippen LogP contribution in [0.25, 0.3) is 0 Å². The van der Waals surface area contributed by atoms with Gasteiger partial charge in [0.2, 0.25) is 5.91 Å². The second kappa shape index (κ2) is 6.11. The number of hydrogen-bond acceptors (Lipinski definition) is 3. The van der Waals surface area contributed by atoms with E-state index in [4.69, 9.17) is 16.7 Å². The van der Waals surface area contributed by atoms with E-state index in [1.807, 2.05) is 0 Å². The number of likely N-dealkylation sites (tertiary alicyclic amines) is 1. The number of benzene rings is 1. The van der Waals surface area contributed by atoms with E-state index >= 15 is 0 Å². The topological polar surface area (TPSA) is 52.6 Å². The lowest BCUT2D eigenvalue weighted by atomic mass is 10.2. The molecule has 1 amide bonds. The van der Waals surface area contributed by atoms with E-state index in [-0.39, 0.29) is 19.6 Å². The van der Waals surface area contributed by atoms with Gasteiger partial charge in [-0.1, -0.05) is 17.7 Å². The van der Waals surface area contributed by atoms with Crippen molar-refractivity contribution in [1.29, 1.82) is 0 Å². The molecule has 1 heterocycles. The summed E-state index contributed by atoms with van der Waals surface area (Å²) in [6, 6.07) is 4.02. The summed E-state index contributed by atoms with van der Waals surface area (Å²) in [5.74, 6) is -0.599. The van der Waals surface area contributed by atoms with Crippen molar-refractivity contribution >= 4 is 23.2 Å². The Morgan fingerprint density at radius 2 is 2.14 bits per heavy atom. The van der Waals surface area contributed by atoms with Crippen molar-refractivity contribution in [2.75, 3.05) is 18.4 Å². The van der Waals surface area contributed by atoms with Crippen LogP contribution in [0.3, 0.4) is 0 Å². The van der Waals surface area contributed by atoms with Gasteiger partial charge in [0.15, 0.2) is 0 Å². The Balaban J connectivity index is 2.06. The second-order valence-corrected chi connectivity index (χ2v) is 5.24. The lowest BCUT2D eigenvalue weighted by molar-refractivity contribution is -0.157. The van der Waals surface area contributed by atoms with Gasteiger partial charge in [-0.3, -0.25) is 4.79 Å². The van der Waals surface area contributed by atoms with Crippen LogP contribution < -0.4 is 5.32 Å². The highest BCUT2D eigenvalue weighted by atomic mass is 35.5. The van der Waals surface area contributed by atoms with Crippen molar-refractivity contribution in [2.45, 2.75) is 25.2 Å². The van der Waals surface area contributed by atoms with Gasteiger partial charge < -0.3 is 15.3 Å². The minimum absolute atomic E-state index is 0.0489. The summed E-state index contributed by atoms with van der Waals surface area (Å²) in [7, 11) is 0. The summed E-state index contributed by atoms with van der Waals surface area (Å²) in [4.78, 5) is 12.7. The average molecular weight is 323 g/mol. The first-order valence-corrected chi connectivity index (χ1v) is 6.69. The van der Waals surface area contributed by atoms with Gasteiger partial charge in [0.1, 0.15) is 12.6 Å². The number of nitrogens with one attached hydrogen (secondary N) is 1. The van der Waals surface area contributed by atoms with Gasteiger partial charge in [-0.05, 0) is 24.1 Å². The van der Waals surface area contributed by atoms with Gasteiger partial charge >= 0.3 is 6.18 Å². The SMILES string of the molecule is O=C1C(Nc2cc(CO)ccc2Cl)CCN1CC(F)(F)F. The molecule has 1 saturated heterocycles. The second-order valence-electron chi connectivity index (χ2n) is 4.83. The Kier molecular flexibility index (Phi) is 4.63. The van der Waals surface area contributed by atoms with E-state index in [9.17, 15) is 18.0 Å². The van der Waals surface area contributed by atoms with Crippen LogP contribution in [0.5, 0.6) is 0 Å². The molecule has 2 rings (SSSR count). The Morgan fingerprint density at radius 3 is 2.76 bits per heavy atom. The van der Waals surface area contributed by atoms with Gasteiger partial charge in [-0.15, -0.1) is 0 Å². The first-order valence-electron chi connectivity index (χ1n) is 6.31. The molecule has 0 radical (unpaired) electrons. The molecule has 1 aliphatic heterocycles. The third kappa shape index (κ3) is 4.01. The van der Waals surface area contributed by atoms with Crippen LogP contribution in [0.2, 0.25) is 5.02 Å². The largest absolute Gasteiger partial charge is 0.406 e. The smallest absolute Gasteiger partial charge is 0.392 e. The zero-order valence-corrected chi connectivity index (χ0v) is 11.7. The molecule has 8 heteroatoms. The number of aliphatic hydroxyl groups excluding tert-OH is 1. The number of carbonyl (C=O) groups excluding carboxylic acids is 1.